The Morgan fingerprint density at radius 3 is 2.58 bits per heavy atom. The Bertz CT molecular complexity index is 286. The third-order valence-electron chi connectivity index (χ3n) is 4.30. The van der Waals surface area contributed by atoms with E-state index in [0.717, 1.165) is 32.4 Å². The van der Waals surface area contributed by atoms with Gasteiger partial charge in [-0.25, -0.2) is 0 Å². The summed E-state index contributed by atoms with van der Waals surface area (Å²) in [5, 5.41) is 3.08. The first-order valence-electron chi connectivity index (χ1n) is 7.39. The van der Waals surface area contributed by atoms with E-state index in [-0.39, 0.29) is 11.3 Å². The molecule has 0 saturated heterocycles. The SMILES string of the molecule is COCCC1(CNC(=O)CCC(C)(C)CCN)CC1. The maximum atomic E-state index is 11.9. The topological polar surface area (TPSA) is 64.3 Å². The van der Waals surface area contributed by atoms with Crippen LogP contribution in [0.1, 0.15) is 52.4 Å². The second kappa shape index (κ2) is 7.25. The Hall–Kier alpha value is -0.610. The molecule has 1 fully saturated rings. The fourth-order valence-electron chi connectivity index (χ4n) is 2.35. The van der Waals surface area contributed by atoms with Gasteiger partial charge in [-0.3, -0.25) is 4.79 Å². The monoisotopic (exact) mass is 270 g/mol. The minimum Gasteiger partial charge on any atom is -0.385 e. The van der Waals surface area contributed by atoms with E-state index in [1.807, 2.05) is 0 Å². The Kier molecular flexibility index (Phi) is 6.27. The molecule has 1 rings (SSSR count). The first-order chi connectivity index (χ1) is 8.93. The zero-order chi connectivity index (χ0) is 14.4. The summed E-state index contributed by atoms with van der Waals surface area (Å²) in [4.78, 5) is 11.9. The van der Waals surface area contributed by atoms with Crippen LogP contribution < -0.4 is 11.1 Å². The Balaban J connectivity index is 2.18. The first kappa shape index (κ1) is 16.4. The summed E-state index contributed by atoms with van der Waals surface area (Å²) >= 11 is 0. The van der Waals surface area contributed by atoms with E-state index in [9.17, 15) is 4.79 Å². The van der Waals surface area contributed by atoms with Crippen LogP contribution in [0.15, 0.2) is 0 Å². The van der Waals surface area contributed by atoms with E-state index in [2.05, 4.69) is 19.2 Å². The number of hydrogen-bond donors (Lipinski definition) is 2. The molecule has 0 unspecified atom stereocenters. The van der Waals surface area contributed by atoms with E-state index in [1.165, 1.54) is 12.8 Å². The van der Waals surface area contributed by atoms with Crippen molar-refractivity contribution in [1.82, 2.24) is 5.32 Å². The van der Waals surface area contributed by atoms with Crippen molar-refractivity contribution in [2.75, 3.05) is 26.8 Å². The van der Waals surface area contributed by atoms with Gasteiger partial charge in [0.05, 0.1) is 0 Å². The summed E-state index contributed by atoms with van der Waals surface area (Å²) in [6, 6.07) is 0. The predicted octanol–water partition coefficient (Wildman–Crippen LogP) is 2.07. The summed E-state index contributed by atoms with van der Waals surface area (Å²) in [7, 11) is 1.73. The van der Waals surface area contributed by atoms with E-state index >= 15 is 0 Å². The lowest BCUT2D eigenvalue weighted by Crippen LogP contribution is -2.31. The van der Waals surface area contributed by atoms with Crippen LogP contribution >= 0.6 is 0 Å². The first-order valence-corrected chi connectivity index (χ1v) is 7.39. The minimum atomic E-state index is 0.166. The molecule has 4 nitrogen and oxygen atoms in total. The molecule has 0 aromatic carbocycles. The van der Waals surface area contributed by atoms with Crippen molar-refractivity contribution >= 4 is 5.91 Å². The highest BCUT2D eigenvalue weighted by Crippen LogP contribution is 2.48. The van der Waals surface area contributed by atoms with Crippen LogP contribution in [0.5, 0.6) is 0 Å². The number of amides is 1. The van der Waals surface area contributed by atoms with Gasteiger partial charge in [-0.2, -0.15) is 0 Å². The summed E-state index contributed by atoms with van der Waals surface area (Å²) in [6.07, 6.45) is 5.97. The van der Waals surface area contributed by atoms with Crippen molar-refractivity contribution in [2.24, 2.45) is 16.6 Å². The van der Waals surface area contributed by atoms with Gasteiger partial charge in [0, 0.05) is 26.7 Å². The fraction of sp³-hybridized carbons (Fsp3) is 0.933. The molecule has 0 radical (unpaired) electrons. The molecule has 0 bridgehead atoms. The highest BCUT2D eigenvalue weighted by atomic mass is 16.5. The Morgan fingerprint density at radius 1 is 1.37 bits per heavy atom. The number of ether oxygens (including phenoxy) is 1. The molecule has 0 aromatic heterocycles. The molecule has 0 spiro atoms. The van der Waals surface area contributed by atoms with Gasteiger partial charge in [0.25, 0.3) is 0 Å². The standard InChI is InChI=1S/C15H30N2O2/c1-14(2,8-10-16)5-4-13(18)17-12-15(6-7-15)9-11-19-3/h4-12,16H2,1-3H3,(H,17,18). The van der Waals surface area contributed by atoms with Gasteiger partial charge in [-0.15, -0.1) is 0 Å². The van der Waals surface area contributed by atoms with Crippen LogP contribution in [-0.4, -0.2) is 32.7 Å². The third-order valence-corrected chi connectivity index (χ3v) is 4.30. The number of hydrogen-bond acceptors (Lipinski definition) is 3. The zero-order valence-electron chi connectivity index (χ0n) is 12.8. The normalized spacial score (nSPS) is 17.3. The third kappa shape index (κ3) is 6.39. The van der Waals surface area contributed by atoms with Crippen LogP contribution in [0, 0.1) is 10.8 Å². The number of nitrogens with two attached hydrogens (primary N) is 1. The molecule has 112 valence electrons. The Labute approximate surface area is 117 Å². The van der Waals surface area contributed by atoms with E-state index in [0.29, 0.717) is 18.4 Å². The molecule has 0 heterocycles. The van der Waals surface area contributed by atoms with E-state index in [1.54, 1.807) is 7.11 Å². The largest absolute Gasteiger partial charge is 0.385 e. The molecule has 1 saturated carbocycles. The molecule has 0 aliphatic heterocycles. The fourth-order valence-corrected chi connectivity index (χ4v) is 2.35. The second-order valence-electron chi connectivity index (χ2n) is 6.72. The van der Waals surface area contributed by atoms with Gasteiger partial charge in [-0.1, -0.05) is 13.8 Å². The number of rotatable bonds is 10. The van der Waals surface area contributed by atoms with E-state index < -0.39 is 0 Å². The number of methoxy groups -OCH3 is 1. The summed E-state index contributed by atoms with van der Waals surface area (Å²) < 4.78 is 5.12. The summed E-state index contributed by atoms with van der Waals surface area (Å²) in [6.45, 7) is 6.64. The van der Waals surface area contributed by atoms with Crippen LogP contribution in [0.4, 0.5) is 0 Å². The van der Waals surface area contributed by atoms with Gasteiger partial charge in [0.15, 0.2) is 0 Å². The number of carbonyl (C=O) groups excluding carboxylic acids is 1. The molecule has 0 atom stereocenters. The zero-order valence-corrected chi connectivity index (χ0v) is 12.8. The second-order valence-corrected chi connectivity index (χ2v) is 6.72. The highest BCUT2D eigenvalue weighted by molar-refractivity contribution is 5.76. The smallest absolute Gasteiger partial charge is 0.220 e. The minimum absolute atomic E-state index is 0.166. The van der Waals surface area contributed by atoms with E-state index in [4.69, 9.17) is 10.5 Å². The Morgan fingerprint density at radius 2 is 2.05 bits per heavy atom. The number of carbonyl (C=O) groups is 1. The summed E-state index contributed by atoms with van der Waals surface area (Å²) in [5.41, 5.74) is 6.08. The lowest BCUT2D eigenvalue weighted by Gasteiger charge is -2.23. The van der Waals surface area contributed by atoms with Crippen LogP contribution in [-0.2, 0) is 9.53 Å². The van der Waals surface area contributed by atoms with Crippen LogP contribution in [0.3, 0.4) is 0 Å². The van der Waals surface area contributed by atoms with Crippen molar-refractivity contribution in [1.29, 1.82) is 0 Å². The van der Waals surface area contributed by atoms with Gasteiger partial charge < -0.3 is 15.8 Å². The quantitative estimate of drug-likeness (QED) is 0.639. The van der Waals surface area contributed by atoms with Gasteiger partial charge in [0.1, 0.15) is 0 Å². The molecular weight excluding hydrogens is 240 g/mol. The molecular formula is C15H30N2O2. The van der Waals surface area contributed by atoms with Crippen LogP contribution in [0.25, 0.3) is 0 Å². The van der Waals surface area contributed by atoms with Crippen molar-refractivity contribution in [3.05, 3.63) is 0 Å². The average Bonchev–Trinajstić information content (AvgIpc) is 3.12. The van der Waals surface area contributed by atoms with Crippen molar-refractivity contribution in [3.63, 3.8) is 0 Å². The maximum Gasteiger partial charge on any atom is 0.220 e. The van der Waals surface area contributed by atoms with Crippen molar-refractivity contribution in [3.8, 4) is 0 Å². The average molecular weight is 270 g/mol. The molecule has 0 aromatic rings. The predicted molar refractivity (Wildman–Crippen MR) is 77.9 cm³/mol. The molecule has 4 heteroatoms. The molecule has 1 aliphatic rings. The summed E-state index contributed by atoms with van der Waals surface area (Å²) in [5.74, 6) is 0.175. The van der Waals surface area contributed by atoms with Gasteiger partial charge >= 0.3 is 0 Å². The molecule has 1 amide bonds. The molecule has 3 N–H and O–H groups in total. The molecule has 19 heavy (non-hydrogen) atoms. The lowest BCUT2D eigenvalue weighted by molar-refractivity contribution is -0.122. The molecule has 1 aliphatic carbocycles. The maximum absolute atomic E-state index is 11.9. The van der Waals surface area contributed by atoms with Crippen LogP contribution in [0.2, 0.25) is 0 Å². The highest BCUT2D eigenvalue weighted by Gasteiger charge is 2.42. The lowest BCUT2D eigenvalue weighted by atomic mass is 9.84. The number of nitrogens with one attached hydrogen (secondary N) is 1. The van der Waals surface area contributed by atoms with Gasteiger partial charge in [0.2, 0.25) is 5.91 Å². The van der Waals surface area contributed by atoms with Crippen molar-refractivity contribution in [2.45, 2.75) is 52.4 Å². The van der Waals surface area contributed by atoms with Crippen molar-refractivity contribution < 1.29 is 9.53 Å². The van der Waals surface area contributed by atoms with Gasteiger partial charge in [-0.05, 0) is 49.5 Å².